The van der Waals surface area contributed by atoms with Crippen LogP contribution in [0.1, 0.15) is 64.0 Å². The molecule has 1 nitrogen and oxygen atoms in total. The van der Waals surface area contributed by atoms with E-state index in [1.165, 1.54) is 31.4 Å². The van der Waals surface area contributed by atoms with Crippen LogP contribution in [0.4, 0.5) is 8.78 Å². The number of benzene rings is 1. The van der Waals surface area contributed by atoms with Crippen LogP contribution in [0, 0.1) is 11.6 Å². The fraction of sp³-hybridized carbons (Fsp3) is 0.625. The fourth-order valence-corrected chi connectivity index (χ4v) is 2.26. The van der Waals surface area contributed by atoms with Gasteiger partial charge in [0.05, 0.1) is 0 Å². The first-order valence-electron chi connectivity index (χ1n) is 7.36. The molecule has 1 atom stereocenters. The van der Waals surface area contributed by atoms with Crippen molar-refractivity contribution < 1.29 is 8.78 Å². The van der Waals surface area contributed by atoms with Gasteiger partial charge in [0.15, 0.2) is 0 Å². The van der Waals surface area contributed by atoms with E-state index < -0.39 is 11.6 Å². The Kier molecular flexibility index (Phi) is 7.65. The molecule has 0 saturated carbocycles. The molecule has 0 aliphatic rings. The van der Waals surface area contributed by atoms with Gasteiger partial charge in [0.2, 0.25) is 0 Å². The van der Waals surface area contributed by atoms with Gasteiger partial charge in [-0.2, -0.15) is 0 Å². The van der Waals surface area contributed by atoms with Crippen molar-refractivity contribution in [3.05, 3.63) is 35.4 Å². The quantitative estimate of drug-likeness (QED) is 0.624. The maximum Gasteiger partial charge on any atom is 0.126 e. The topological polar surface area (TPSA) is 12.0 Å². The second kappa shape index (κ2) is 9.03. The molecule has 0 aliphatic heterocycles. The lowest BCUT2D eigenvalue weighted by molar-refractivity contribution is 0.464. The van der Waals surface area contributed by atoms with E-state index in [4.69, 9.17) is 0 Å². The van der Waals surface area contributed by atoms with E-state index in [2.05, 4.69) is 19.2 Å². The highest BCUT2D eigenvalue weighted by atomic mass is 19.1. The molecular formula is C16H25F2N. The van der Waals surface area contributed by atoms with Crippen molar-refractivity contribution in [3.8, 4) is 0 Å². The van der Waals surface area contributed by atoms with Gasteiger partial charge < -0.3 is 5.32 Å². The number of hydrogen-bond donors (Lipinski definition) is 1. The van der Waals surface area contributed by atoms with E-state index in [0.29, 0.717) is 0 Å². The molecule has 1 N–H and O–H groups in total. The summed E-state index contributed by atoms with van der Waals surface area (Å²) in [5.41, 5.74) is 0.724. The predicted molar refractivity (Wildman–Crippen MR) is 76.2 cm³/mol. The van der Waals surface area contributed by atoms with Crippen LogP contribution in [0.25, 0.3) is 0 Å². The zero-order valence-electron chi connectivity index (χ0n) is 12.0. The number of rotatable bonds is 9. The standard InChI is InChI=1S/C16H25F2N/c1-3-5-6-7-8-16(19-9-4-2)13-10-14(17)12-15(18)11-13/h10-12,16,19H,3-9H2,1-2H3. The molecule has 108 valence electrons. The predicted octanol–water partition coefficient (Wildman–Crippen LogP) is 4.98. The molecule has 19 heavy (non-hydrogen) atoms. The highest BCUT2D eigenvalue weighted by molar-refractivity contribution is 5.21. The average molecular weight is 269 g/mol. The first-order chi connectivity index (χ1) is 9.17. The van der Waals surface area contributed by atoms with Gasteiger partial charge in [-0.25, -0.2) is 8.78 Å². The van der Waals surface area contributed by atoms with Gasteiger partial charge in [0.25, 0.3) is 0 Å². The Morgan fingerprint density at radius 1 is 0.947 bits per heavy atom. The van der Waals surface area contributed by atoms with Crippen LogP contribution < -0.4 is 5.32 Å². The van der Waals surface area contributed by atoms with Gasteiger partial charge in [0, 0.05) is 12.1 Å². The molecule has 1 aromatic rings. The molecule has 3 heteroatoms. The van der Waals surface area contributed by atoms with Gasteiger partial charge in [-0.15, -0.1) is 0 Å². The summed E-state index contributed by atoms with van der Waals surface area (Å²) >= 11 is 0. The van der Waals surface area contributed by atoms with E-state index in [1.54, 1.807) is 0 Å². The normalized spacial score (nSPS) is 12.6. The highest BCUT2D eigenvalue weighted by Crippen LogP contribution is 2.22. The number of hydrogen-bond acceptors (Lipinski definition) is 1. The molecular weight excluding hydrogens is 244 g/mol. The Labute approximate surface area is 115 Å². The summed E-state index contributed by atoms with van der Waals surface area (Å²) in [7, 11) is 0. The van der Waals surface area contributed by atoms with Crippen molar-refractivity contribution in [2.45, 2.75) is 58.4 Å². The SMILES string of the molecule is CCCCCCC(NCCC)c1cc(F)cc(F)c1. The maximum absolute atomic E-state index is 13.3. The van der Waals surface area contributed by atoms with Crippen LogP contribution in [-0.2, 0) is 0 Å². The fourth-order valence-electron chi connectivity index (χ4n) is 2.26. The molecule has 0 radical (unpaired) electrons. The van der Waals surface area contributed by atoms with Crippen LogP contribution >= 0.6 is 0 Å². The second-order valence-electron chi connectivity index (χ2n) is 5.06. The van der Waals surface area contributed by atoms with Crippen molar-refractivity contribution in [2.24, 2.45) is 0 Å². The summed E-state index contributed by atoms with van der Waals surface area (Å²) in [6.45, 7) is 5.14. The van der Waals surface area contributed by atoms with Crippen molar-refractivity contribution in [1.29, 1.82) is 0 Å². The Morgan fingerprint density at radius 3 is 2.21 bits per heavy atom. The molecule has 0 heterocycles. The Bertz CT molecular complexity index is 346. The molecule has 1 aromatic carbocycles. The second-order valence-corrected chi connectivity index (χ2v) is 5.06. The summed E-state index contributed by atoms with van der Waals surface area (Å²) in [6, 6.07) is 3.87. The Hall–Kier alpha value is -0.960. The highest BCUT2D eigenvalue weighted by Gasteiger charge is 2.12. The first-order valence-corrected chi connectivity index (χ1v) is 7.36. The van der Waals surface area contributed by atoms with Gasteiger partial charge in [-0.3, -0.25) is 0 Å². The molecule has 0 aromatic heterocycles. The molecule has 0 amide bonds. The zero-order valence-corrected chi connectivity index (χ0v) is 12.0. The minimum Gasteiger partial charge on any atom is -0.310 e. The van der Waals surface area contributed by atoms with Crippen LogP contribution in [-0.4, -0.2) is 6.54 Å². The number of halogens is 2. The van der Waals surface area contributed by atoms with Crippen LogP contribution in [0.3, 0.4) is 0 Å². The monoisotopic (exact) mass is 269 g/mol. The number of unbranched alkanes of at least 4 members (excludes halogenated alkanes) is 3. The van der Waals surface area contributed by atoms with E-state index in [-0.39, 0.29) is 6.04 Å². The molecule has 0 aliphatic carbocycles. The Balaban J connectivity index is 2.65. The summed E-state index contributed by atoms with van der Waals surface area (Å²) in [4.78, 5) is 0. The molecule has 1 rings (SSSR count). The van der Waals surface area contributed by atoms with Crippen LogP contribution in [0.15, 0.2) is 18.2 Å². The third kappa shape index (κ3) is 6.15. The van der Waals surface area contributed by atoms with Gasteiger partial charge in [-0.05, 0) is 37.1 Å². The van der Waals surface area contributed by atoms with E-state index in [9.17, 15) is 8.78 Å². The summed E-state index contributed by atoms with van der Waals surface area (Å²) in [5.74, 6) is -0.987. The van der Waals surface area contributed by atoms with Gasteiger partial charge >= 0.3 is 0 Å². The van der Waals surface area contributed by atoms with Crippen molar-refractivity contribution >= 4 is 0 Å². The Morgan fingerprint density at radius 2 is 1.63 bits per heavy atom. The minimum atomic E-state index is -0.494. The van der Waals surface area contributed by atoms with Crippen molar-refractivity contribution in [2.75, 3.05) is 6.54 Å². The first kappa shape index (κ1) is 16.1. The van der Waals surface area contributed by atoms with E-state index >= 15 is 0 Å². The third-order valence-corrected chi connectivity index (χ3v) is 3.27. The van der Waals surface area contributed by atoms with Crippen LogP contribution in [0.2, 0.25) is 0 Å². The van der Waals surface area contributed by atoms with Crippen LogP contribution in [0.5, 0.6) is 0 Å². The molecule has 0 bridgehead atoms. The smallest absolute Gasteiger partial charge is 0.126 e. The minimum absolute atomic E-state index is 0.0574. The van der Waals surface area contributed by atoms with Gasteiger partial charge in [-0.1, -0.05) is 39.5 Å². The van der Waals surface area contributed by atoms with Gasteiger partial charge in [0.1, 0.15) is 11.6 Å². The summed E-state index contributed by atoms with van der Waals surface area (Å²) in [5, 5.41) is 3.38. The molecule has 0 fully saturated rings. The third-order valence-electron chi connectivity index (χ3n) is 3.27. The largest absolute Gasteiger partial charge is 0.310 e. The molecule has 0 spiro atoms. The average Bonchev–Trinajstić information content (AvgIpc) is 2.36. The lowest BCUT2D eigenvalue weighted by Crippen LogP contribution is -2.22. The molecule has 1 unspecified atom stereocenters. The van der Waals surface area contributed by atoms with Crippen molar-refractivity contribution in [1.82, 2.24) is 5.32 Å². The summed E-state index contributed by atoms with van der Waals surface area (Å²) in [6.07, 6.45) is 6.64. The summed E-state index contributed by atoms with van der Waals surface area (Å²) < 4.78 is 26.6. The zero-order chi connectivity index (χ0) is 14.1. The molecule has 0 saturated heterocycles. The lowest BCUT2D eigenvalue weighted by Gasteiger charge is -2.19. The van der Waals surface area contributed by atoms with E-state index in [1.807, 2.05) is 0 Å². The van der Waals surface area contributed by atoms with Crippen molar-refractivity contribution in [3.63, 3.8) is 0 Å². The number of nitrogens with one attached hydrogen (secondary N) is 1. The maximum atomic E-state index is 13.3. The van der Waals surface area contributed by atoms with E-state index in [0.717, 1.165) is 37.4 Å². The lowest BCUT2D eigenvalue weighted by atomic mass is 9.99.